The van der Waals surface area contributed by atoms with Crippen molar-refractivity contribution in [2.75, 3.05) is 34.9 Å². The lowest BCUT2D eigenvalue weighted by Crippen LogP contribution is -2.45. The molecule has 1 atom stereocenters. The molecule has 1 aromatic carbocycles. The lowest BCUT2D eigenvalue weighted by molar-refractivity contribution is 0.122. The first kappa shape index (κ1) is 20.9. The standard InChI is InChI=1S/C24H28N8O2/c1-30-21-20(29-23(30)24(33)25-13-17-5-4-12-34-17)22(27-14-26-21)31-10-8-16(9-11-31)32-15-28-18-6-2-3-7-19(18)32/h2-7,12,14,16,24-25,28,33H,8-11,13,15H2,1H3. The van der Waals surface area contributed by atoms with E-state index in [2.05, 4.69) is 54.7 Å². The maximum Gasteiger partial charge on any atom is 0.165 e. The molecule has 0 saturated carbocycles. The number of hydrogen-bond acceptors (Lipinski definition) is 9. The van der Waals surface area contributed by atoms with E-state index in [1.165, 1.54) is 11.4 Å². The number of imidazole rings is 1. The summed E-state index contributed by atoms with van der Waals surface area (Å²) in [5.74, 6) is 2.07. The van der Waals surface area contributed by atoms with E-state index in [4.69, 9.17) is 9.40 Å². The molecule has 10 heteroatoms. The van der Waals surface area contributed by atoms with Gasteiger partial charge in [0.1, 0.15) is 12.1 Å². The van der Waals surface area contributed by atoms with Crippen LogP contribution in [0.1, 0.15) is 30.7 Å². The van der Waals surface area contributed by atoms with Crippen LogP contribution in [0, 0.1) is 0 Å². The second kappa shape index (κ2) is 8.62. The Morgan fingerprint density at radius 1 is 1.18 bits per heavy atom. The summed E-state index contributed by atoms with van der Waals surface area (Å²) in [6.07, 6.45) is 4.31. The molecule has 0 radical (unpaired) electrons. The van der Waals surface area contributed by atoms with Crippen LogP contribution in [0.4, 0.5) is 17.2 Å². The van der Waals surface area contributed by atoms with Crippen molar-refractivity contribution in [3.05, 3.63) is 60.6 Å². The lowest BCUT2D eigenvalue weighted by atomic mass is 10.0. The predicted molar refractivity (Wildman–Crippen MR) is 129 cm³/mol. The van der Waals surface area contributed by atoms with Gasteiger partial charge in [-0.15, -0.1) is 0 Å². The number of nitrogens with one attached hydrogen (secondary N) is 2. The molecule has 4 aromatic rings. The van der Waals surface area contributed by atoms with Crippen LogP contribution < -0.4 is 20.4 Å². The first-order chi connectivity index (χ1) is 16.7. The fourth-order valence-corrected chi connectivity index (χ4v) is 5.03. The van der Waals surface area contributed by atoms with Crippen molar-refractivity contribution >= 4 is 28.4 Å². The third kappa shape index (κ3) is 3.64. The van der Waals surface area contributed by atoms with E-state index in [1.54, 1.807) is 12.6 Å². The minimum Gasteiger partial charge on any atom is -0.468 e. The third-order valence-electron chi connectivity index (χ3n) is 6.82. The maximum absolute atomic E-state index is 10.7. The molecule has 34 heavy (non-hydrogen) atoms. The van der Waals surface area contributed by atoms with E-state index < -0.39 is 6.23 Å². The minimum atomic E-state index is -0.953. The summed E-state index contributed by atoms with van der Waals surface area (Å²) in [5.41, 5.74) is 3.92. The zero-order valence-corrected chi connectivity index (χ0v) is 19.1. The van der Waals surface area contributed by atoms with Crippen molar-refractivity contribution in [2.24, 2.45) is 7.05 Å². The Morgan fingerprint density at radius 2 is 2.03 bits per heavy atom. The summed E-state index contributed by atoms with van der Waals surface area (Å²) in [4.78, 5) is 18.5. The summed E-state index contributed by atoms with van der Waals surface area (Å²) < 4.78 is 7.15. The molecule has 3 aromatic heterocycles. The maximum atomic E-state index is 10.7. The number of rotatable bonds is 6. The van der Waals surface area contributed by atoms with Gasteiger partial charge in [0.25, 0.3) is 0 Å². The molecular weight excluding hydrogens is 432 g/mol. The van der Waals surface area contributed by atoms with E-state index in [-0.39, 0.29) is 0 Å². The topological polar surface area (TPSA) is 108 Å². The van der Waals surface area contributed by atoms with Crippen molar-refractivity contribution in [3.63, 3.8) is 0 Å². The second-order valence-electron chi connectivity index (χ2n) is 8.80. The molecule has 2 aliphatic heterocycles. The van der Waals surface area contributed by atoms with Crippen LogP contribution in [-0.4, -0.2) is 50.4 Å². The van der Waals surface area contributed by atoms with E-state index in [0.717, 1.165) is 44.2 Å². The number of benzene rings is 1. The van der Waals surface area contributed by atoms with E-state index >= 15 is 0 Å². The number of nitrogens with zero attached hydrogens (tertiary/aromatic N) is 6. The molecule has 176 valence electrons. The smallest absolute Gasteiger partial charge is 0.165 e. The van der Waals surface area contributed by atoms with Crippen LogP contribution in [0.2, 0.25) is 0 Å². The Balaban J connectivity index is 1.19. The Bertz CT molecular complexity index is 1280. The molecule has 0 spiro atoms. The van der Waals surface area contributed by atoms with Gasteiger partial charge in [0, 0.05) is 26.2 Å². The van der Waals surface area contributed by atoms with Crippen LogP contribution in [0.5, 0.6) is 0 Å². The number of fused-ring (bicyclic) bond motifs is 2. The lowest BCUT2D eigenvalue weighted by Gasteiger charge is -2.38. The summed E-state index contributed by atoms with van der Waals surface area (Å²) in [6.45, 7) is 3.04. The van der Waals surface area contributed by atoms with Crippen molar-refractivity contribution in [3.8, 4) is 0 Å². The highest BCUT2D eigenvalue weighted by atomic mass is 16.3. The molecule has 1 unspecified atom stereocenters. The molecule has 2 aliphatic rings. The Kier molecular flexibility index (Phi) is 5.31. The molecule has 0 bridgehead atoms. The molecular formula is C24H28N8O2. The third-order valence-corrected chi connectivity index (χ3v) is 6.82. The zero-order chi connectivity index (χ0) is 23.1. The summed E-state index contributed by atoms with van der Waals surface area (Å²) in [5, 5.41) is 17.3. The Hall–Kier alpha value is -3.63. The molecule has 5 heterocycles. The first-order valence-corrected chi connectivity index (χ1v) is 11.6. The highest BCUT2D eigenvalue weighted by Gasteiger charge is 2.30. The van der Waals surface area contributed by atoms with Crippen LogP contribution >= 0.6 is 0 Å². The number of furan rings is 1. The normalized spacial score (nSPS) is 17.2. The van der Waals surface area contributed by atoms with Gasteiger partial charge >= 0.3 is 0 Å². The minimum absolute atomic E-state index is 0.401. The number of aliphatic hydroxyl groups is 1. The monoisotopic (exact) mass is 460 g/mol. The zero-order valence-electron chi connectivity index (χ0n) is 19.1. The van der Waals surface area contributed by atoms with Gasteiger partial charge in [-0.3, -0.25) is 5.32 Å². The number of para-hydroxylation sites is 2. The molecule has 6 rings (SSSR count). The number of hydrogen-bond donors (Lipinski definition) is 3. The largest absolute Gasteiger partial charge is 0.468 e. The molecule has 1 saturated heterocycles. The fraction of sp³-hybridized carbons (Fsp3) is 0.375. The van der Waals surface area contributed by atoms with Crippen molar-refractivity contribution in [1.82, 2.24) is 24.8 Å². The van der Waals surface area contributed by atoms with Gasteiger partial charge in [0.05, 0.1) is 30.9 Å². The van der Waals surface area contributed by atoms with Crippen LogP contribution in [0.3, 0.4) is 0 Å². The number of piperidine rings is 1. The molecule has 0 amide bonds. The van der Waals surface area contributed by atoms with Crippen LogP contribution in [0.15, 0.2) is 53.4 Å². The predicted octanol–water partition coefficient (Wildman–Crippen LogP) is 2.60. The highest BCUT2D eigenvalue weighted by Crippen LogP contribution is 2.35. The average molecular weight is 461 g/mol. The molecule has 0 aliphatic carbocycles. The van der Waals surface area contributed by atoms with Crippen molar-refractivity contribution < 1.29 is 9.52 Å². The van der Waals surface area contributed by atoms with Gasteiger partial charge < -0.3 is 29.2 Å². The SMILES string of the molecule is Cn1c(C(O)NCc2ccco2)nc2c(N3CCC(N4CNc5ccccc54)CC3)ncnc21. The van der Waals surface area contributed by atoms with Gasteiger partial charge in [-0.1, -0.05) is 12.1 Å². The Morgan fingerprint density at radius 3 is 2.85 bits per heavy atom. The van der Waals surface area contributed by atoms with Gasteiger partial charge in [-0.2, -0.15) is 0 Å². The van der Waals surface area contributed by atoms with E-state index in [0.29, 0.717) is 29.6 Å². The average Bonchev–Trinajstić information content (AvgIpc) is 3.62. The molecule has 1 fully saturated rings. The Labute approximate surface area is 197 Å². The van der Waals surface area contributed by atoms with Gasteiger partial charge in [-0.05, 0) is 37.1 Å². The second-order valence-corrected chi connectivity index (χ2v) is 8.80. The van der Waals surface area contributed by atoms with Crippen LogP contribution in [0.25, 0.3) is 11.2 Å². The van der Waals surface area contributed by atoms with Gasteiger partial charge in [0.15, 0.2) is 29.0 Å². The van der Waals surface area contributed by atoms with Crippen molar-refractivity contribution in [2.45, 2.75) is 31.7 Å². The molecule has 3 N–H and O–H groups in total. The highest BCUT2D eigenvalue weighted by molar-refractivity contribution is 5.84. The molecule has 10 nitrogen and oxygen atoms in total. The van der Waals surface area contributed by atoms with Gasteiger partial charge in [-0.25, -0.2) is 15.0 Å². The summed E-state index contributed by atoms with van der Waals surface area (Å²) in [6, 6.07) is 12.7. The first-order valence-electron chi connectivity index (χ1n) is 11.6. The summed E-state index contributed by atoms with van der Waals surface area (Å²) >= 11 is 0. The summed E-state index contributed by atoms with van der Waals surface area (Å²) in [7, 11) is 1.86. The number of aromatic nitrogens is 4. The number of anilines is 3. The number of aryl methyl sites for hydroxylation is 1. The van der Waals surface area contributed by atoms with Crippen molar-refractivity contribution in [1.29, 1.82) is 0 Å². The quantitative estimate of drug-likeness (QED) is 0.374. The fourth-order valence-electron chi connectivity index (χ4n) is 5.03. The number of aliphatic hydroxyl groups excluding tert-OH is 1. The van der Waals surface area contributed by atoms with Crippen LogP contribution in [-0.2, 0) is 13.6 Å². The van der Waals surface area contributed by atoms with E-state index in [1.807, 2.05) is 23.7 Å². The van der Waals surface area contributed by atoms with Gasteiger partial charge in [0.2, 0.25) is 0 Å². The van der Waals surface area contributed by atoms with E-state index in [9.17, 15) is 5.11 Å².